The first-order valence-corrected chi connectivity index (χ1v) is 4.12. The minimum Gasteiger partial charge on any atom is -0.544 e. The van der Waals surface area contributed by atoms with Gasteiger partial charge in [-0.25, -0.2) is 0 Å². The van der Waals surface area contributed by atoms with Crippen LogP contribution in [0.5, 0.6) is 11.5 Å². The van der Waals surface area contributed by atoms with E-state index in [0.29, 0.717) is 17.1 Å². The standard InChI is InChI=1S/C9H9NO4/c10-8(9(11)12)5-1-2-6-7(3-5)14-4-13-6/h1-3,8H,4,10H2,(H,11,12)/t8-/m0/s1. The summed E-state index contributed by atoms with van der Waals surface area (Å²) >= 11 is 0. The highest BCUT2D eigenvalue weighted by atomic mass is 16.7. The van der Waals surface area contributed by atoms with E-state index >= 15 is 0 Å². The van der Waals surface area contributed by atoms with E-state index in [-0.39, 0.29) is 6.79 Å². The van der Waals surface area contributed by atoms with Crippen LogP contribution in [-0.2, 0) is 4.79 Å². The van der Waals surface area contributed by atoms with Gasteiger partial charge >= 0.3 is 0 Å². The Kier molecular flexibility index (Phi) is 2.01. The van der Waals surface area contributed by atoms with Gasteiger partial charge in [-0.05, 0) is 18.2 Å². The summed E-state index contributed by atoms with van der Waals surface area (Å²) in [6.45, 7) is 0.173. The first-order valence-electron chi connectivity index (χ1n) is 4.12. The molecule has 0 radical (unpaired) electrons. The Morgan fingerprint density at radius 2 is 2.14 bits per heavy atom. The van der Waals surface area contributed by atoms with Crippen LogP contribution in [0.2, 0.25) is 0 Å². The summed E-state index contributed by atoms with van der Waals surface area (Å²) < 4.78 is 10.2. The molecule has 0 saturated heterocycles. The number of quaternary nitrogens is 1. The third-order valence-electron chi connectivity index (χ3n) is 2.08. The number of hydrogen-bond acceptors (Lipinski definition) is 4. The topological polar surface area (TPSA) is 86.2 Å². The van der Waals surface area contributed by atoms with Crippen LogP contribution in [0.25, 0.3) is 0 Å². The second-order valence-electron chi connectivity index (χ2n) is 2.98. The molecule has 0 bridgehead atoms. The number of ether oxygens (including phenoxy) is 2. The molecule has 2 rings (SSSR count). The fourth-order valence-corrected chi connectivity index (χ4v) is 1.27. The number of hydrogen-bond donors (Lipinski definition) is 1. The maximum absolute atomic E-state index is 10.6. The molecule has 1 aromatic rings. The van der Waals surface area contributed by atoms with Crippen molar-refractivity contribution in [1.29, 1.82) is 0 Å². The lowest BCUT2D eigenvalue weighted by atomic mass is 10.1. The van der Waals surface area contributed by atoms with E-state index in [2.05, 4.69) is 5.73 Å². The zero-order valence-corrected chi connectivity index (χ0v) is 7.36. The van der Waals surface area contributed by atoms with Gasteiger partial charge in [0.1, 0.15) is 5.97 Å². The van der Waals surface area contributed by atoms with Gasteiger partial charge in [-0.15, -0.1) is 0 Å². The molecule has 1 aromatic carbocycles. The number of carbonyl (C=O) groups excluding carboxylic acids is 1. The smallest absolute Gasteiger partial charge is 0.231 e. The molecule has 0 aromatic heterocycles. The van der Waals surface area contributed by atoms with Crippen LogP contribution in [0.3, 0.4) is 0 Å². The van der Waals surface area contributed by atoms with Crippen LogP contribution < -0.4 is 20.3 Å². The number of benzene rings is 1. The summed E-state index contributed by atoms with van der Waals surface area (Å²) in [5.74, 6) is -0.0273. The minimum absolute atomic E-state index is 0.173. The van der Waals surface area contributed by atoms with Crippen molar-refractivity contribution in [3.63, 3.8) is 0 Å². The van der Waals surface area contributed by atoms with Crippen LogP contribution in [0.15, 0.2) is 18.2 Å². The summed E-state index contributed by atoms with van der Waals surface area (Å²) in [5.41, 5.74) is 4.03. The molecule has 74 valence electrons. The van der Waals surface area contributed by atoms with E-state index in [1.54, 1.807) is 18.2 Å². The SMILES string of the molecule is [NH3+][C@H](C(=O)[O-])c1ccc2c(c1)OCO2. The zero-order chi connectivity index (χ0) is 10.1. The van der Waals surface area contributed by atoms with E-state index in [9.17, 15) is 9.90 Å². The van der Waals surface area contributed by atoms with Gasteiger partial charge < -0.3 is 25.1 Å². The molecule has 5 nitrogen and oxygen atoms in total. The Morgan fingerprint density at radius 1 is 1.43 bits per heavy atom. The molecule has 0 aliphatic carbocycles. The van der Waals surface area contributed by atoms with Crippen LogP contribution in [0.1, 0.15) is 11.6 Å². The first kappa shape index (κ1) is 8.83. The normalized spacial score (nSPS) is 15.2. The highest BCUT2D eigenvalue weighted by Gasteiger charge is 2.17. The summed E-state index contributed by atoms with van der Waals surface area (Å²) in [5, 5.41) is 10.6. The van der Waals surface area contributed by atoms with Gasteiger partial charge in [-0.2, -0.15) is 0 Å². The Labute approximate surface area is 80.0 Å². The Hall–Kier alpha value is -1.75. The van der Waals surface area contributed by atoms with E-state index in [1.807, 2.05) is 0 Å². The fourth-order valence-electron chi connectivity index (χ4n) is 1.27. The maximum atomic E-state index is 10.6. The summed E-state index contributed by atoms with van der Waals surface area (Å²) in [6.07, 6.45) is 0. The molecule has 3 N–H and O–H groups in total. The monoisotopic (exact) mass is 195 g/mol. The van der Waals surface area contributed by atoms with Gasteiger partial charge in [0.25, 0.3) is 0 Å². The van der Waals surface area contributed by atoms with Gasteiger partial charge in [0.15, 0.2) is 17.5 Å². The largest absolute Gasteiger partial charge is 0.544 e. The van der Waals surface area contributed by atoms with Crippen molar-refractivity contribution >= 4 is 5.97 Å². The molecular formula is C9H9NO4. The van der Waals surface area contributed by atoms with Crippen LogP contribution in [-0.4, -0.2) is 12.8 Å². The van der Waals surface area contributed by atoms with E-state index in [0.717, 1.165) is 0 Å². The predicted octanol–water partition coefficient (Wildman–Crippen LogP) is -1.55. The van der Waals surface area contributed by atoms with E-state index in [1.165, 1.54) is 0 Å². The summed E-state index contributed by atoms with van der Waals surface area (Å²) in [7, 11) is 0. The zero-order valence-electron chi connectivity index (χ0n) is 7.36. The molecule has 0 amide bonds. The number of rotatable bonds is 2. The summed E-state index contributed by atoms with van der Waals surface area (Å²) in [4.78, 5) is 10.6. The number of carbonyl (C=O) groups is 1. The Balaban J connectivity index is 2.33. The first-order chi connectivity index (χ1) is 6.68. The molecule has 1 aliphatic rings. The predicted molar refractivity (Wildman–Crippen MR) is 43.2 cm³/mol. The average molecular weight is 195 g/mol. The van der Waals surface area contributed by atoms with Crippen LogP contribution in [0.4, 0.5) is 0 Å². The van der Waals surface area contributed by atoms with Crippen molar-refractivity contribution in [3.05, 3.63) is 23.8 Å². The molecule has 0 unspecified atom stereocenters. The highest BCUT2D eigenvalue weighted by Crippen LogP contribution is 2.33. The number of fused-ring (bicyclic) bond motifs is 1. The molecule has 0 saturated carbocycles. The van der Waals surface area contributed by atoms with Crippen LogP contribution >= 0.6 is 0 Å². The Bertz CT molecular complexity index is 377. The number of carboxylic acid groups (broad SMARTS) is 1. The minimum atomic E-state index is -1.20. The molecule has 0 spiro atoms. The van der Waals surface area contributed by atoms with Crippen molar-refractivity contribution in [3.8, 4) is 11.5 Å². The van der Waals surface area contributed by atoms with Gasteiger partial charge in [0.2, 0.25) is 6.79 Å². The molecule has 1 aliphatic heterocycles. The van der Waals surface area contributed by atoms with Gasteiger partial charge in [0.05, 0.1) is 0 Å². The number of aliphatic carboxylic acids is 1. The van der Waals surface area contributed by atoms with Crippen molar-refractivity contribution < 1.29 is 25.1 Å². The maximum Gasteiger partial charge on any atom is 0.231 e. The van der Waals surface area contributed by atoms with E-state index < -0.39 is 12.0 Å². The highest BCUT2D eigenvalue weighted by molar-refractivity contribution is 5.72. The average Bonchev–Trinajstić information content (AvgIpc) is 2.62. The second kappa shape index (κ2) is 3.19. The van der Waals surface area contributed by atoms with Crippen molar-refractivity contribution in [2.75, 3.05) is 6.79 Å². The molecule has 1 atom stereocenters. The molecular weight excluding hydrogens is 186 g/mol. The van der Waals surface area contributed by atoms with Gasteiger partial charge in [-0.1, -0.05) is 0 Å². The molecule has 0 fully saturated rings. The third-order valence-corrected chi connectivity index (χ3v) is 2.08. The lowest BCUT2D eigenvalue weighted by Crippen LogP contribution is -2.60. The molecule has 1 heterocycles. The van der Waals surface area contributed by atoms with Gasteiger partial charge in [0, 0.05) is 5.56 Å². The summed E-state index contributed by atoms with van der Waals surface area (Å²) in [6, 6.07) is 4.03. The van der Waals surface area contributed by atoms with Crippen molar-refractivity contribution in [2.45, 2.75) is 6.04 Å². The quantitative estimate of drug-likeness (QED) is 0.618. The second-order valence-corrected chi connectivity index (χ2v) is 2.98. The lowest BCUT2D eigenvalue weighted by Gasteiger charge is -2.09. The van der Waals surface area contributed by atoms with Crippen LogP contribution in [0, 0.1) is 0 Å². The molecule has 14 heavy (non-hydrogen) atoms. The van der Waals surface area contributed by atoms with Gasteiger partial charge in [-0.3, -0.25) is 0 Å². The van der Waals surface area contributed by atoms with Crippen molar-refractivity contribution in [1.82, 2.24) is 0 Å². The fraction of sp³-hybridized carbons (Fsp3) is 0.222. The van der Waals surface area contributed by atoms with E-state index in [4.69, 9.17) is 9.47 Å². The molecule has 5 heteroatoms. The Morgan fingerprint density at radius 3 is 2.86 bits per heavy atom. The third kappa shape index (κ3) is 1.38. The lowest BCUT2D eigenvalue weighted by molar-refractivity contribution is -0.443. The number of carboxylic acids is 1. The van der Waals surface area contributed by atoms with Crippen molar-refractivity contribution in [2.24, 2.45) is 0 Å².